The van der Waals surface area contributed by atoms with Crippen LogP contribution in [0.2, 0.25) is 0 Å². The summed E-state index contributed by atoms with van der Waals surface area (Å²) in [6.45, 7) is 2.52. The summed E-state index contributed by atoms with van der Waals surface area (Å²) < 4.78 is 23.5. The fourth-order valence-corrected chi connectivity index (χ4v) is 2.63. The maximum Gasteiger partial charge on any atom is 0.321 e. The molecule has 7 heteroatoms. The molecule has 0 aromatic heterocycles. The third-order valence-electron chi connectivity index (χ3n) is 3.90. The summed E-state index contributed by atoms with van der Waals surface area (Å²) >= 11 is 0. The van der Waals surface area contributed by atoms with E-state index in [9.17, 15) is 14.0 Å². The molecule has 1 aliphatic rings. The highest BCUT2D eigenvalue weighted by molar-refractivity contribution is 5.91. The van der Waals surface area contributed by atoms with E-state index < -0.39 is 11.8 Å². The van der Waals surface area contributed by atoms with Crippen LogP contribution in [0.15, 0.2) is 18.2 Å². The number of esters is 1. The number of hydrogen-bond donors (Lipinski definition) is 1. The number of nitrogens with one attached hydrogen (secondary N) is 1. The Bertz CT molecular complexity index is 671. The van der Waals surface area contributed by atoms with Gasteiger partial charge >= 0.3 is 12.0 Å². The van der Waals surface area contributed by atoms with Gasteiger partial charge in [0.1, 0.15) is 18.2 Å². The van der Waals surface area contributed by atoms with Crippen LogP contribution < -0.4 is 10.1 Å². The van der Waals surface area contributed by atoms with Crippen molar-refractivity contribution in [2.45, 2.75) is 6.92 Å². The van der Waals surface area contributed by atoms with Crippen LogP contribution in [0.1, 0.15) is 6.92 Å². The SMILES string of the molecule is C#CCOc1ccc(F)cc1NC(=O)N1C[C@@H](C)[C@H](C(=O)OC)C1. The maximum atomic E-state index is 13.5. The van der Waals surface area contributed by atoms with Gasteiger partial charge in [-0.05, 0) is 18.1 Å². The summed E-state index contributed by atoms with van der Waals surface area (Å²) in [5.74, 6) is 1.33. The highest BCUT2D eigenvalue weighted by Gasteiger charge is 2.37. The molecule has 0 spiro atoms. The number of terminal acetylenes is 1. The molecule has 0 bridgehead atoms. The van der Waals surface area contributed by atoms with Crippen LogP contribution in [-0.2, 0) is 9.53 Å². The molecule has 1 saturated heterocycles. The minimum atomic E-state index is -0.513. The van der Waals surface area contributed by atoms with E-state index in [-0.39, 0.29) is 42.4 Å². The average molecular weight is 334 g/mol. The van der Waals surface area contributed by atoms with Crippen molar-refractivity contribution < 1.29 is 23.5 Å². The van der Waals surface area contributed by atoms with Crippen LogP contribution in [0.25, 0.3) is 0 Å². The Labute approximate surface area is 139 Å². The van der Waals surface area contributed by atoms with Crippen LogP contribution >= 0.6 is 0 Å². The van der Waals surface area contributed by atoms with Crippen LogP contribution in [0.5, 0.6) is 5.75 Å². The molecule has 24 heavy (non-hydrogen) atoms. The maximum absolute atomic E-state index is 13.5. The molecule has 2 atom stereocenters. The summed E-state index contributed by atoms with van der Waals surface area (Å²) in [6.07, 6.45) is 5.14. The number of nitrogens with zero attached hydrogens (tertiary/aromatic N) is 1. The minimum absolute atomic E-state index is 0.000331. The largest absolute Gasteiger partial charge is 0.479 e. The Balaban J connectivity index is 2.09. The smallest absolute Gasteiger partial charge is 0.321 e. The van der Waals surface area contributed by atoms with Crippen molar-refractivity contribution in [3.05, 3.63) is 24.0 Å². The highest BCUT2D eigenvalue weighted by Crippen LogP contribution is 2.28. The molecule has 128 valence electrons. The molecular weight excluding hydrogens is 315 g/mol. The Morgan fingerprint density at radius 1 is 1.46 bits per heavy atom. The normalized spacial score (nSPS) is 19.5. The first kappa shape index (κ1) is 17.6. The van der Waals surface area contributed by atoms with Gasteiger partial charge in [0.25, 0.3) is 0 Å². The number of ether oxygens (including phenoxy) is 2. The zero-order valence-electron chi connectivity index (χ0n) is 13.5. The van der Waals surface area contributed by atoms with E-state index in [0.717, 1.165) is 6.07 Å². The molecule has 0 aliphatic carbocycles. The molecule has 1 aromatic carbocycles. The van der Waals surface area contributed by atoms with E-state index in [2.05, 4.69) is 11.2 Å². The molecule has 0 saturated carbocycles. The third kappa shape index (κ3) is 3.96. The summed E-state index contributed by atoms with van der Waals surface area (Å²) in [5.41, 5.74) is 0.185. The van der Waals surface area contributed by atoms with E-state index >= 15 is 0 Å². The fourth-order valence-electron chi connectivity index (χ4n) is 2.63. The van der Waals surface area contributed by atoms with Gasteiger partial charge in [0, 0.05) is 19.2 Å². The predicted octanol–water partition coefficient (Wildman–Crippen LogP) is 2.11. The lowest BCUT2D eigenvalue weighted by atomic mass is 9.99. The Kier molecular flexibility index (Phi) is 5.64. The molecule has 6 nitrogen and oxygen atoms in total. The van der Waals surface area contributed by atoms with Crippen molar-refractivity contribution in [1.29, 1.82) is 0 Å². The molecule has 0 unspecified atom stereocenters. The molecular formula is C17H19FN2O4. The quantitative estimate of drug-likeness (QED) is 0.676. The van der Waals surface area contributed by atoms with Crippen molar-refractivity contribution in [1.82, 2.24) is 4.90 Å². The Morgan fingerprint density at radius 3 is 2.88 bits per heavy atom. The second-order valence-electron chi connectivity index (χ2n) is 5.58. The molecule has 1 aliphatic heterocycles. The van der Waals surface area contributed by atoms with Gasteiger partial charge in [-0.3, -0.25) is 4.79 Å². The Morgan fingerprint density at radius 2 is 2.21 bits per heavy atom. The van der Waals surface area contributed by atoms with Crippen molar-refractivity contribution in [2.24, 2.45) is 11.8 Å². The van der Waals surface area contributed by atoms with Crippen LogP contribution in [0, 0.1) is 30.0 Å². The average Bonchev–Trinajstić information content (AvgIpc) is 2.95. The number of halogens is 1. The molecule has 2 amide bonds. The minimum Gasteiger partial charge on any atom is -0.479 e. The summed E-state index contributed by atoms with van der Waals surface area (Å²) in [5, 5.41) is 2.60. The highest BCUT2D eigenvalue weighted by atomic mass is 19.1. The number of methoxy groups -OCH3 is 1. The number of benzene rings is 1. The molecule has 1 N–H and O–H groups in total. The van der Waals surface area contributed by atoms with Crippen molar-refractivity contribution in [3.8, 4) is 18.1 Å². The lowest BCUT2D eigenvalue weighted by Gasteiger charge is -2.18. The summed E-state index contributed by atoms with van der Waals surface area (Å²) in [4.78, 5) is 25.6. The van der Waals surface area contributed by atoms with Gasteiger partial charge in [0.2, 0.25) is 0 Å². The monoisotopic (exact) mass is 334 g/mol. The lowest BCUT2D eigenvalue weighted by Crippen LogP contribution is -2.34. The van der Waals surface area contributed by atoms with E-state index in [1.54, 1.807) is 0 Å². The number of rotatable bonds is 4. The molecule has 2 rings (SSSR count). The summed E-state index contributed by atoms with van der Waals surface area (Å²) in [6, 6.07) is 3.32. The Hall–Kier alpha value is -2.75. The van der Waals surface area contributed by atoms with Gasteiger partial charge < -0.3 is 19.7 Å². The molecule has 1 fully saturated rings. The number of urea groups is 1. The standard InChI is InChI=1S/C17H19FN2O4/c1-4-7-24-15-6-5-12(18)8-14(15)19-17(22)20-9-11(2)13(10-20)16(21)23-3/h1,5-6,8,11,13H,7,9-10H2,2-3H3,(H,19,22)/t11-,13-/m1/s1. The van der Waals surface area contributed by atoms with Gasteiger partial charge in [-0.25, -0.2) is 9.18 Å². The van der Waals surface area contributed by atoms with Gasteiger partial charge in [-0.2, -0.15) is 0 Å². The predicted molar refractivity (Wildman–Crippen MR) is 86.0 cm³/mol. The van der Waals surface area contributed by atoms with Gasteiger partial charge in [0.05, 0.1) is 18.7 Å². The molecule has 0 radical (unpaired) electrons. The van der Waals surface area contributed by atoms with Crippen molar-refractivity contribution in [3.63, 3.8) is 0 Å². The van der Waals surface area contributed by atoms with Crippen LogP contribution in [-0.4, -0.2) is 43.7 Å². The molecule has 1 heterocycles. The van der Waals surface area contributed by atoms with Crippen LogP contribution in [0.4, 0.5) is 14.9 Å². The van der Waals surface area contributed by atoms with Crippen molar-refractivity contribution in [2.75, 3.05) is 32.1 Å². The first-order valence-corrected chi connectivity index (χ1v) is 7.45. The first-order valence-electron chi connectivity index (χ1n) is 7.45. The van der Waals surface area contributed by atoms with Crippen LogP contribution in [0.3, 0.4) is 0 Å². The first-order chi connectivity index (χ1) is 11.5. The lowest BCUT2D eigenvalue weighted by molar-refractivity contribution is -0.145. The van der Waals surface area contributed by atoms with Gasteiger partial charge in [-0.15, -0.1) is 6.42 Å². The van der Waals surface area contributed by atoms with E-state index in [1.165, 1.54) is 24.1 Å². The number of anilines is 1. The number of likely N-dealkylation sites (tertiary alicyclic amines) is 1. The number of carbonyl (C=O) groups is 2. The van der Waals surface area contributed by atoms with E-state index in [0.29, 0.717) is 6.54 Å². The zero-order valence-corrected chi connectivity index (χ0v) is 13.5. The zero-order chi connectivity index (χ0) is 17.7. The number of hydrogen-bond acceptors (Lipinski definition) is 4. The van der Waals surface area contributed by atoms with E-state index in [1.807, 2.05) is 6.92 Å². The summed E-state index contributed by atoms with van der Waals surface area (Å²) in [7, 11) is 1.32. The second kappa shape index (κ2) is 7.68. The number of carbonyl (C=O) groups excluding carboxylic acids is 2. The second-order valence-corrected chi connectivity index (χ2v) is 5.58. The third-order valence-corrected chi connectivity index (χ3v) is 3.90. The topological polar surface area (TPSA) is 67.9 Å². The fraction of sp³-hybridized carbons (Fsp3) is 0.412. The van der Waals surface area contributed by atoms with Gasteiger partial charge in [0.15, 0.2) is 0 Å². The van der Waals surface area contributed by atoms with Gasteiger partial charge in [-0.1, -0.05) is 12.8 Å². The van der Waals surface area contributed by atoms with E-state index in [4.69, 9.17) is 15.9 Å². The molecule has 1 aromatic rings. The number of amides is 2. The van der Waals surface area contributed by atoms with Crippen molar-refractivity contribution >= 4 is 17.7 Å².